The van der Waals surface area contributed by atoms with Crippen LogP contribution in [0, 0.1) is 0 Å². The van der Waals surface area contributed by atoms with Crippen LogP contribution in [-0.2, 0) is 28.9 Å². The Morgan fingerprint density at radius 2 is 1.03 bits per heavy atom. The first-order valence-electron chi connectivity index (χ1n) is 25.8. The number of hydrogen-bond acceptors (Lipinski definition) is 11. The van der Waals surface area contributed by atoms with Gasteiger partial charge in [0, 0.05) is 0 Å². The molecule has 0 saturated carbocycles. The monoisotopic (exact) mass is 934 g/mol. The van der Waals surface area contributed by atoms with Gasteiger partial charge >= 0.3 is 10.4 Å². The van der Waals surface area contributed by atoms with Crippen LogP contribution in [0.1, 0.15) is 226 Å². The van der Waals surface area contributed by atoms with Crippen molar-refractivity contribution in [3.05, 3.63) is 24.3 Å². The van der Waals surface area contributed by atoms with Crippen LogP contribution in [0.3, 0.4) is 0 Å². The normalized spacial score (nSPS) is 20.9. The predicted molar refractivity (Wildman–Crippen MR) is 256 cm³/mol. The minimum atomic E-state index is -5.12. The van der Waals surface area contributed by atoms with Crippen LogP contribution in [0.15, 0.2) is 24.3 Å². The molecule has 0 aromatic carbocycles. The van der Waals surface area contributed by atoms with E-state index in [0.717, 1.165) is 64.2 Å². The van der Waals surface area contributed by atoms with E-state index in [4.69, 9.17) is 9.47 Å². The van der Waals surface area contributed by atoms with Gasteiger partial charge in [0.15, 0.2) is 6.29 Å². The summed E-state index contributed by atoms with van der Waals surface area (Å²) in [6.45, 7) is 3.24. The topological polar surface area (TPSA) is 212 Å². The van der Waals surface area contributed by atoms with Crippen molar-refractivity contribution in [1.82, 2.24) is 5.32 Å². The lowest BCUT2D eigenvalue weighted by molar-refractivity contribution is -0.298. The molecule has 1 amide bonds. The summed E-state index contributed by atoms with van der Waals surface area (Å²) in [4.78, 5) is 13.2. The van der Waals surface area contributed by atoms with Crippen molar-refractivity contribution >= 4 is 16.3 Å². The maximum atomic E-state index is 13.2. The maximum Gasteiger partial charge on any atom is 0.397 e. The van der Waals surface area contributed by atoms with Crippen molar-refractivity contribution in [3.63, 3.8) is 0 Å². The Balaban J connectivity index is 2.53. The van der Waals surface area contributed by atoms with Crippen LogP contribution < -0.4 is 5.32 Å². The van der Waals surface area contributed by atoms with Crippen LogP contribution in [0.5, 0.6) is 0 Å². The van der Waals surface area contributed by atoms with Crippen molar-refractivity contribution in [2.24, 2.45) is 0 Å². The van der Waals surface area contributed by atoms with Gasteiger partial charge in [-0.3, -0.25) is 9.35 Å². The average molecular weight is 934 g/mol. The summed E-state index contributed by atoms with van der Waals surface area (Å²) in [5.41, 5.74) is 0. The molecule has 1 aliphatic rings. The molecule has 1 fully saturated rings. The van der Waals surface area contributed by atoms with E-state index < -0.39 is 78.5 Å². The van der Waals surface area contributed by atoms with E-state index >= 15 is 0 Å². The molecule has 8 atom stereocenters. The van der Waals surface area contributed by atoms with E-state index in [1.165, 1.54) is 128 Å². The van der Waals surface area contributed by atoms with Gasteiger partial charge < -0.3 is 40.3 Å². The second-order valence-electron chi connectivity index (χ2n) is 18.3. The number of nitrogens with one attached hydrogen (secondary N) is 1. The lowest BCUT2D eigenvalue weighted by Crippen LogP contribution is -2.61. The fourth-order valence-electron chi connectivity index (χ4n) is 8.22. The second-order valence-corrected chi connectivity index (χ2v) is 19.3. The van der Waals surface area contributed by atoms with Gasteiger partial charge in [-0.05, 0) is 44.9 Å². The number of amides is 1. The molecular formula is C50H95NO12S. The summed E-state index contributed by atoms with van der Waals surface area (Å²) >= 11 is 0. The quantitative estimate of drug-likeness (QED) is 0.0173. The molecule has 0 aliphatic carbocycles. The molecule has 13 nitrogen and oxygen atoms in total. The zero-order chi connectivity index (χ0) is 47.1. The van der Waals surface area contributed by atoms with Crippen LogP contribution in [-0.4, -0.2) is 107 Å². The summed E-state index contributed by atoms with van der Waals surface area (Å²) < 4.78 is 47.6. The predicted octanol–water partition coefficient (Wildman–Crippen LogP) is 9.86. The highest BCUT2D eigenvalue weighted by Gasteiger charge is 2.48. The molecule has 1 heterocycles. The third kappa shape index (κ3) is 32.3. The highest BCUT2D eigenvalue weighted by atomic mass is 32.3. The Morgan fingerprint density at radius 1 is 0.625 bits per heavy atom. The van der Waals surface area contributed by atoms with E-state index in [1.54, 1.807) is 6.08 Å². The third-order valence-corrected chi connectivity index (χ3v) is 12.8. The lowest BCUT2D eigenvalue weighted by atomic mass is 9.99. The van der Waals surface area contributed by atoms with Gasteiger partial charge in [0.2, 0.25) is 5.91 Å². The lowest BCUT2D eigenvalue weighted by Gasteiger charge is -2.41. The van der Waals surface area contributed by atoms with Gasteiger partial charge in [0.05, 0.1) is 25.4 Å². The Bertz CT molecular complexity index is 1250. The van der Waals surface area contributed by atoms with E-state index in [1.807, 2.05) is 6.08 Å². The minimum absolute atomic E-state index is 0.237. The van der Waals surface area contributed by atoms with Gasteiger partial charge in [0.1, 0.15) is 30.5 Å². The number of ether oxygens (including phenoxy) is 2. The molecule has 1 rings (SSSR count). The maximum absolute atomic E-state index is 13.2. The summed E-state index contributed by atoms with van der Waals surface area (Å²) in [5.74, 6) is -0.705. The van der Waals surface area contributed by atoms with Gasteiger partial charge in [-0.25, -0.2) is 4.18 Å². The largest absolute Gasteiger partial charge is 0.397 e. The molecule has 14 heteroatoms. The zero-order valence-electron chi connectivity index (χ0n) is 40.2. The van der Waals surface area contributed by atoms with Crippen molar-refractivity contribution < 1.29 is 57.0 Å². The summed E-state index contributed by atoms with van der Waals surface area (Å²) in [6.07, 6.45) is 35.3. The first kappa shape index (κ1) is 60.6. The summed E-state index contributed by atoms with van der Waals surface area (Å²) in [5, 5.41) is 55.4. The van der Waals surface area contributed by atoms with Crippen molar-refractivity contribution in [2.45, 2.75) is 275 Å². The Kier molecular flexibility index (Phi) is 38.4. The number of aliphatic hydroxyl groups is 5. The number of hydrogen-bond donors (Lipinski definition) is 7. The molecule has 7 N–H and O–H groups in total. The highest BCUT2D eigenvalue weighted by Crippen LogP contribution is 2.26. The minimum Gasteiger partial charge on any atom is -0.394 e. The smallest absolute Gasteiger partial charge is 0.394 e. The van der Waals surface area contributed by atoms with Gasteiger partial charge in [-0.15, -0.1) is 0 Å². The van der Waals surface area contributed by atoms with Crippen molar-refractivity contribution in [1.29, 1.82) is 0 Å². The first-order chi connectivity index (χ1) is 30.9. The Morgan fingerprint density at radius 3 is 1.45 bits per heavy atom. The molecule has 378 valence electrons. The first-order valence-corrected chi connectivity index (χ1v) is 27.2. The second kappa shape index (κ2) is 40.6. The molecule has 0 bridgehead atoms. The zero-order valence-corrected chi connectivity index (χ0v) is 41.0. The van der Waals surface area contributed by atoms with E-state index in [2.05, 4.69) is 35.5 Å². The molecule has 1 saturated heterocycles. The third-order valence-electron chi connectivity index (χ3n) is 12.3. The van der Waals surface area contributed by atoms with Gasteiger partial charge in [-0.2, -0.15) is 8.42 Å². The van der Waals surface area contributed by atoms with Crippen LogP contribution >= 0.6 is 0 Å². The number of aliphatic hydroxyl groups excluding tert-OH is 5. The molecule has 1 aliphatic heterocycles. The van der Waals surface area contributed by atoms with Gasteiger partial charge in [-0.1, -0.05) is 205 Å². The van der Waals surface area contributed by atoms with Crippen LogP contribution in [0.25, 0.3) is 0 Å². The fourth-order valence-corrected chi connectivity index (χ4v) is 8.73. The van der Waals surface area contributed by atoms with E-state index in [-0.39, 0.29) is 6.42 Å². The summed E-state index contributed by atoms with van der Waals surface area (Å²) in [7, 11) is -5.12. The number of carbonyl (C=O) groups excluding carboxylic acids is 1. The average Bonchev–Trinajstić information content (AvgIpc) is 3.27. The molecule has 0 radical (unpaired) electrons. The van der Waals surface area contributed by atoms with Crippen molar-refractivity contribution in [3.8, 4) is 0 Å². The van der Waals surface area contributed by atoms with Crippen LogP contribution in [0.2, 0.25) is 0 Å². The molecule has 0 aromatic rings. The standard InChI is InChI=1S/C50H95NO12S/c1-3-5-7-9-11-13-15-17-19-21-23-25-27-29-31-33-35-37-39-44(54)49(57)51-42(41-61-50-47(56)48(63-64(58,59)60)46(55)45(40-52)62-50)43(53)38-36-34-32-30-28-26-24-22-20-18-16-14-12-10-8-6-4-2/h21,23,36,38,42-48,50,52-56H,3-20,22,24-35,37,39-41H2,1-2H3,(H,51,57)(H,58,59,60)/b23-21-,38-36+. The molecule has 64 heavy (non-hydrogen) atoms. The van der Waals surface area contributed by atoms with E-state index in [0.29, 0.717) is 12.8 Å². The van der Waals surface area contributed by atoms with Crippen molar-refractivity contribution in [2.75, 3.05) is 13.2 Å². The molecule has 0 spiro atoms. The number of rotatable bonds is 44. The SMILES string of the molecule is CCCCCCCCCC/C=C\CCCCCCCCC(O)C(=O)NC(COC1OC(CO)C(O)C(OS(=O)(=O)O)C1O)C(O)/C=C/CCCCCCCCCCCCCCCCC. The molecular weight excluding hydrogens is 839 g/mol. The molecule has 8 unspecified atom stereocenters. The van der Waals surface area contributed by atoms with Crippen LogP contribution in [0.4, 0.5) is 0 Å². The number of unbranched alkanes of at least 4 members (excludes halogenated alkanes) is 29. The van der Waals surface area contributed by atoms with Gasteiger partial charge in [0.25, 0.3) is 0 Å². The molecule has 0 aromatic heterocycles. The fraction of sp³-hybridized carbons (Fsp3) is 0.900. The number of carbonyl (C=O) groups is 1. The Hall–Kier alpha value is -1.46. The highest BCUT2D eigenvalue weighted by molar-refractivity contribution is 7.80. The Labute approximate surface area is 389 Å². The van der Waals surface area contributed by atoms with E-state index in [9.17, 15) is 43.3 Å². The summed E-state index contributed by atoms with van der Waals surface area (Å²) in [6, 6.07) is -1.12. The number of allylic oxidation sites excluding steroid dienone is 3.